The van der Waals surface area contributed by atoms with Gasteiger partial charge in [0.05, 0.1) is 0 Å². The summed E-state index contributed by atoms with van der Waals surface area (Å²) < 4.78 is 25.1. The van der Waals surface area contributed by atoms with Gasteiger partial charge < -0.3 is 5.73 Å². The van der Waals surface area contributed by atoms with Gasteiger partial charge in [-0.3, -0.25) is 5.41 Å². The molecule has 0 unspecified atom stereocenters. The van der Waals surface area contributed by atoms with E-state index in [4.69, 9.17) is 11.1 Å². The molecule has 1 aromatic carbocycles. The van der Waals surface area contributed by atoms with E-state index in [2.05, 4.69) is 0 Å². The molecule has 0 aliphatic heterocycles. The van der Waals surface area contributed by atoms with Crippen LogP contribution in [0.5, 0.6) is 0 Å². The van der Waals surface area contributed by atoms with E-state index < -0.39 is 6.43 Å². The number of nitrogen functional groups attached to an aromatic ring is 1. The standard InChI is InChI=1S/C10H12F2N2/c1-5-3-7(10(13)14)4-6(2)8(5)9(11)12/h3-4,9H,1-2H3,(H3,13,14). The zero-order valence-corrected chi connectivity index (χ0v) is 8.07. The van der Waals surface area contributed by atoms with Crippen LogP contribution >= 0.6 is 0 Å². The second-order valence-corrected chi connectivity index (χ2v) is 3.24. The van der Waals surface area contributed by atoms with Crippen molar-refractivity contribution in [1.82, 2.24) is 0 Å². The van der Waals surface area contributed by atoms with E-state index in [1.165, 1.54) is 12.1 Å². The predicted octanol–water partition coefficient (Wildman–Crippen LogP) is 2.53. The summed E-state index contributed by atoms with van der Waals surface area (Å²) in [5.41, 5.74) is 6.75. The van der Waals surface area contributed by atoms with Crippen LogP contribution in [0.15, 0.2) is 12.1 Å². The van der Waals surface area contributed by atoms with Crippen LogP contribution in [0.1, 0.15) is 28.7 Å². The van der Waals surface area contributed by atoms with E-state index >= 15 is 0 Å². The molecule has 4 heteroatoms. The fourth-order valence-corrected chi connectivity index (χ4v) is 1.47. The molecule has 1 rings (SSSR count). The maximum Gasteiger partial charge on any atom is 0.264 e. The molecule has 0 radical (unpaired) electrons. The highest BCUT2D eigenvalue weighted by Crippen LogP contribution is 2.27. The molecule has 0 aliphatic rings. The first kappa shape index (κ1) is 10.6. The quantitative estimate of drug-likeness (QED) is 0.556. The number of hydrogen-bond donors (Lipinski definition) is 2. The van der Waals surface area contributed by atoms with Gasteiger partial charge in [-0.15, -0.1) is 0 Å². The lowest BCUT2D eigenvalue weighted by Crippen LogP contribution is -2.12. The Morgan fingerprint density at radius 2 is 1.71 bits per heavy atom. The van der Waals surface area contributed by atoms with Crippen molar-refractivity contribution in [2.24, 2.45) is 5.73 Å². The van der Waals surface area contributed by atoms with Crippen molar-refractivity contribution >= 4 is 5.84 Å². The van der Waals surface area contributed by atoms with Crippen molar-refractivity contribution in [3.8, 4) is 0 Å². The lowest BCUT2D eigenvalue weighted by Gasteiger charge is -2.10. The molecule has 14 heavy (non-hydrogen) atoms. The molecule has 0 bridgehead atoms. The first-order valence-corrected chi connectivity index (χ1v) is 4.17. The summed E-state index contributed by atoms with van der Waals surface area (Å²) in [4.78, 5) is 0. The van der Waals surface area contributed by atoms with Gasteiger partial charge in [-0.2, -0.15) is 0 Å². The molecule has 0 heterocycles. The number of amidine groups is 1. The molecule has 76 valence electrons. The molecular formula is C10H12F2N2. The Labute approximate surface area is 81.2 Å². The molecule has 3 N–H and O–H groups in total. The fraction of sp³-hybridized carbons (Fsp3) is 0.300. The normalized spacial score (nSPS) is 10.6. The van der Waals surface area contributed by atoms with Crippen LogP contribution in [0.3, 0.4) is 0 Å². The summed E-state index contributed by atoms with van der Waals surface area (Å²) in [5, 5.41) is 7.20. The van der Waals surface area contributed by atoms with E-state index in [0.717, 1.165) is 0 Å². The Morgan fingerprint density at radius 1 is 1.29 bits per heavy atom. The summed E-state index contributed by atoms with van der Waals surface area (Å²) >= 11 is 0. The fourth-order valence-electron chi connectivity index (χ4n) is 1.47. The largest absolute Gasteiger partial charge is 0.384 e. The van der Waals surface area contributed by atoms with E-state index in [0.29, 0.717) is 16.7 Å². The number of benzene rings is 1. The maximum absolute atomic E-state index is 12.5. The molecule has 0 aromatic heterocycles. The summed E-state index contributed by atoms with van der Waals surface area (Å²) in [6.07, 6.45) is -2.48. The van der Waals surface area contributed by atoms with Crippen LogP contribution in [-0.2, 0) is 0 Å². The van der Waals surface area contributed by atoms with Gasteiger partial charge in [0.25, 0.3) is 6.43 Å². The topological polar surface area (TPSA) is 49.9 Å². The zero-order chi connectivity index (χ0) is 10.9. The Hall–Kier alpha value is -1.45. The second kappa shape index (κ2) is 3.74. The SMILES string of the molecule is Cc1cc(C(=N)N)cc(C)c1C(F)F. The van der Waals surface area contributed by atoms with Crippen LogP contribution in [-0.4, -0.2) is 5.84 Å². The van der Waals surface area contributed by atoms with Gasteiger partial charge >= 0.3 is 0 Å². The highest BCUT2D eigenvalue weighted by Gasteiger charge is 2.14. The number of halogens is 2. The Balaban J connectivity index is 3.32. The third-order valence-electron chi connectivity index (χ3n) is 2.12. The van der Waals surface area contributed by atoms with Crippen LogP contribution < -0.4 is 5.73 Å². The average Bonchev–Trinajstić information content (AvgIpc) is 2.01. The lowest BCUT2D eigenvalue weighted by atomic mass is 9.99. The first-order chi connectivity index (χ1) is 6.43. The first-order valence-electron chi connectivity index (χ1n) is 4.17. The van der Waals surface area contributed by atoms with Gasteiger partial charge in [0.15, 0.2) is 0 Å². The monoisotopic (exact) mass is 198 g/mol. The number of alkyl halides is 2. The smallest absolute Gasteiger partial charge is 0.264 e. The molecule has 0 amide bonds. The third-order valence-corrected chi connectivity index (χ3v) is 2.12. The molecule has 0 saturated heterocycles. The number of hydrogen-bond acceptors (Lipinski definition) is 1. The highest BCUT2D eigenvalue weighted by atomic mass is 19.3. The van der Waals surface area contributed by atoms with E-state index in [1.54, 1.807) is 13.8 Å². The summed E-state index contributed by atoms with van der Waals surface area (Å²) in [7, 11) is 0. The van der Waals surface area contributed by atoms with E-state index in [9.17, 15) is 8.78 Å². The molecule has 0 saturated carbocycles. The Morgan fingerprint density at radius 3 is 2.00 bits per heavy atom. The minimum absolute atomic E-state index is 0.0370. The minimum Gasteiger partial charge on any atom is -0.384 e. The molecule has 0 aliphatic carbocycles. The van der Waals surface area contributed by atoms with Gasteiger partial charge in [0, 0.05) is 11.1 Å². The summed E-state index contributed by atoms with van der Waals surface area (Å²) in [6, 6.07) is 3.02. The molecule has 0 atom stereocenters. The molecule has 2 nitrogen and oxygen atoms in total. The van der Waals surface area contributed by atoms with Crippen LogP contribution in [0, 0.1) is 19.3 Å². The van der Waals surface area contributed by atoms with E-state index in [1.807, 2.05) is 0 Å². The Bertz CT molecular complexity index is 349. The lowest BCUT2D eigenvalue weighted by molar-refractivity contribution is 0.150. The van der Waals surface area contributed by atoms with Crippen molar-refractivity contribution in [3.05, 3.63) is 34.4 Å². The predicted molar refractivity (Wildman–Crippen MR) is 51.9 cm³/mol. The summed E-state index contributed by atoms with van der Waals surface area (Å²) in [5.74, 6) is -0.1000. The molecule has 0 fully saturated rings. The highest BCUT2D eigenvalue weighted by molar-refractivity contribution is 5.95. The van der Waals surface area contributed by atoms with Gasteiger partial charge in [0.2, 0.25) is 0 Å². The zero-order valence-electron chi connectivity index (χ0n) is 8.07. The van der Waals surface area contributed by atoms with Crippen molar-refractivity contribution < 1.29 is 8.78 Å². The van der Waals surface area contributed by atoms with Crippen molar-refractivity contribution in [2.75, 3.05) is 0 Å². The number of aryl methyl sites for hydroxylation is 2. The van der Waals surface area contributed by atoms with Crippen LogP contribution in [0.4, 0.5) is 8.78 Å². The minimum atomic E-state index is -2.48. The second-order valence-electron chi connectivity index (χ2n) is 3.24. The number of nitrogens with one attached hydrogen (secondary N) is 1. The van der Waals surface area contributed by atoms with Gasteiger partial charge in [-0.1, -0.05) is 0 Å². The number of rotatable bonds is 2. The molecule has 1 aromatic rings. The Kier molecular flexibility index (Phi) is 2.84. The van der Waals surface area contributed by atoms with E-state index in [-0.39, 0.29) is 11.4 Å². The maximum atomic E-state index is 12.5. The molecule has 0 spiro atoms. The van der Waals surface area contributed by atoms with Gasteiger partial charge in [-0.05, 0) is 37.1 Å². The van der Waals surface area contributed by atoms with Gasteiger partial charge in [0.1, 0.15) is 5.84 Å². The van der Waals surface area contributed by atoms with Crippen LogP contribution in [0.25, 0.3) is 0 Å². The van der Waals surface area contributed by atoms with Crippen molar-refractivity contribution in [1.29, 1.82) is 5.41 Å². The average molecular weight is 198 g/mol. The van der Waals surface area contributed by atoms with Crippen LogP contribution in [0.2, 0.25) is 0 Å². The van der Waals surface area contributed by atoms with Gasteiger partial charge in [-0.25, -0.2) is 8.78 Å². The van der Waals surface area contributed by atoms with Crippen molar-refractivity contribution in [3.63, 3.8) is 0 Å². The molecular weight excluding hydrogens is 186 g/mol. The summed E-state index contributed by atoms with van der Waals surface area (Å²) in [6.45, 7) is 3.20. The third kappa shape index (κ3) is 1.89. The number of nitrogens with two attached hydrogens (primary N) is 1. The van der Waals surface area contributed by atoms with Crippen molar-refractivity contribution in [2.45, 2.75) is 20.3 Å².